The van der Waals surface area contributed by atoms with Gasteiger partial charge in [0.2, 0.25) is 5.91 Å². The van der Waals surface area contributed by atoms with E-state index in [1.807, 2.05) is 54.6 Å². The SMILES string of the molecule is CC(=O)Nc1ccc(N(CC2CCCN2)C(=O)C(C)Oc2ccccc2)cc1. The van der Waals surface area contributed by atoms with Crippen molar-refractivity contribution < 1.29 is 14.3 Å². The van der Waals surface area contributed by atoms with Crippen LogP contribution < -0.4 is 20.3 Å². The first-order valence-electron chi connectivity index (χ1n) is 9.67. The van der Waals surface area contributed by atoms with E-state index in [4.69, 9.17) is 4.74 Å². The van der Waals surface area contributed by atoms with E-state index in [1.54, 1.807) is 11.8 Å². The summed E-state index contributed by atoms with van der Waals surface area (Å²) >= 11 is 0. The molecule has 1 heterocycles. The molecule has 6 heteroatoms. The Bertz CT molecular complexity index is 786. The Kier molecular flexibility index (Phi) is 6.66. The summed E-state index contributed by atoms with van der Waals surface area (Å²) in [5.74, 6) is 0.453. The number of carbonyl (C=O) groups is 2. The zero-order chi connectivity index (χ0) is 19.9. The van der Waals surface area contributed by atoms with Gasteiger partial charge in [-0.3, -0.25) is 9.59 Å². The van der Waals surface area contributed by atoms with Crippen LogP contribution in [-0.4, -0.2) is 37.0 Å². The van der Waals surface area contributed by atoms with Crippen molar-refractivity contribution in [1.82, 2.24) is 5.32 Å². The Morgan fingerprint density at radius 2 is 1.89 bits per heavy atom. The number of benzene rings is 2. The molecule has 2 N–H and O–H groups in total. The maximum Gasteiger partial charge on any atom is 0.267 e. The third kappa shape index (κ3) is 5.33. The lowest BCUT2D eigenvalue weighted by Crippen LogP contribution is -2.46. The molecule has 0 spiro atoms. The second-order valence-electron chi connectivity index (χ2n) is 7.04. The number of para-hydroxylation sites is 1. The van der Waals surface area contributed by atoms with Gasteiger partial charge in [-0.25, -0.2) is 0 Å². The molecule has 2 aromatic carbocycles. The molecule has 2 atom stereocenters. The number of hydrogen-bond acceptors (Lipinski definition) is 4. The molecule has 0 radical (unpaired) electrons. The molecule has 2 aromatic rings. The van der Waals surface area contributed by atoms with Crippen molar-refractivity contribution in [2.24, 2.45) is 0 Å². The van der Waals surface area contributed by atoms with Crippen molar-refractivity contribution >= 4 is 23.2 Å². The number of amides is 2. The molecule has 2 unspecified atom stereocenters. The van der Waals surface area contributed by atoms with Crippen LogP contribution in [0.5, 0.6) is 5.75 Å². The highest BCUT2D eigenvalue weighted by atomic mass is 16.5. The van der Waals surface area contributed by atoms with Crippen molar-refractivity contribution in [3.05, 3.63) is 54.6 Å². The highest BCUT2D eigenvalue weighted by Gasteiger charge is 2.27. The van der Waals surface area contributed by atoms with Crippen molar-refractivity contribution in [3.8, 4) is 5.75 Å². The fourth-order valence-electron chi connectivity index (χ4n) is 3.36. The minimum absolute atomic E-state index is 0.0927. The molecule has 0 saturated carbocycles. The molecule has 28 heavy (non-hydrogen) atoms. The van der Waals surface area contributed by atoms with Crippen LogP contribution in [0.25, 0.3) is 0 Å². The van der Waals surface area contributed by atoms with Gasteiger partial charge >= 0.3 is 0 Å². The van der Waals surface area contributed by atoms with Crippen LogP contribution in [0, 0.1) is 0 Å². The summed E-state index contributed by atoms with van der Waals surface area (Å²) in [5, 5.41) is 6.20. The van der Waals surface area contributed by atoms with E-state index >= 15 is 0 Å². The maximum atomic E-state index is 13.2. The van der Waals surface area contributed by atoms with Crippen LogP contribution in [0.4, 0.5) is 11.4 Å². The lowest BCUT2D eigenvalue weighted by atomic mass is 10.1. The summed E-state index contributed by atoms with van der Waals surface area (Å²) in [4.78, 5) is 26.2. The number of ether oxygens (including phenoxy) is 1. The van der Waals surface area contributed by atoms with Crippen molar-refractivity contribution in [2.45, 2.75) is 38.8 Å². The van der Waals surface area contributed by atoms with Crippen LogP contribution in [0.1, 0.15) is 26.7 Å². The van der Waals surface area contributed by atoms with Crippen molar-refractivity contribution in [2.75, 3.05) is 23.3 Å². The Morgan fingerprint density at radius 1 is 1.18 bits per heavy atom. The first kappa shape index (κ1) is 19.9. The van der Waals surface area contributed by atoms with Crippen LogP contribution in [-0.2, 0) is 9.59 Å². The molecule has 0 bridgehead atoms. The van der Waals surface area contributed by atoms with E-state index in [0.717, 1.165) is 25.1 Å². The second kappa shape index (κ2) is 9.37. The number of nitrogens with zero attached hydrogens (tertiary/aromatic N) is 1. The number of carbonyl (C=O) groups excluding carboxylic acids is 2. The van der Waals surface area contributed by atoms with E-state index in [-0.39, 0.29) is 17.9 Å². The van der Waals surface area contributed by atoms with Gasteiger partial charge in [-0.15, -0.1) is 0 Å². The normalized spacial score (nSPS) is 17.0. The summed E-state index contributed by atoms with van der Waals surface area (Å²) in [6.45, 7) is 4.80. The highest BCUT2D eigenvalue weighted by molar-refractivity contribution is 5.97. The molecule has 1 saturated heterocycles. The monoisotopic (exact) mass is 381 g/mol. The van der Waals surface area contributed by atoms with E-state index in [1.165, 1.54) is 6.92 Å². The van der Waals surface area contributed by atoms with Gasteiger partial charge < -0.3 is 20.3 Å². The molecule has 1 fully saturated rings. The van der Waals surface area contributed by atoms with Crippen LogP contribution in [0.3, 0.4) is 0 Å². The van der Waals surface area contributed by atoms with Gasteiger partial charge in [0, 0.05) is 30.9 Å². The van der Waals surface area contributed by atoms with Gasteiger partial charge in [-0.2, -0.15) is 0 Å². The van der Waals surface area contributed by atoms with Crippen LogP contribution >= 0.6 is 0 Å². The molecule has 2 amide bonds. The Labute approximate surface area is 165 Å². The highest BCUT2D eigenvalue weighted by Crippen LogP contribution is 2.22. The predicted octanol–water partition coefficient (Wildman–Crippen LogP) is 3.20. The summed E-state index contributed by atoms with van der Waals surface area (Å²) in [7, 11) is 0. The lowest BCUT2D eigenvalue weighted by Gasteiger charge is -2.29. The molecule has 148 valence electrons. The average Bonchev–Trinajstić information content (AvgIpc) is 3.20. The molecular formula is C22H27N3O3. The number of rotatable bonds is 7. The van der Waals surface area contributed by atoms with Gasteiger partial charge in [0.15, 0.2) is 6.10 Å². The Balaban J connectivity index is 1.77. The zero-order valence-electron chi connectivity index (χ0n) is 16.4. The van der Waals surface area contributed by atoms with E-state index in [0.29, 0.717) is 18.0 Å². The first-order valence-corrected chi connectivity index (χ1v) is 9.67. The van der Waals surface area contributed by atoms with Gasteiger partial charge in [0.25, 0.3) is 5.91 Å². The Hall–Kier alpha value is -2.86. The van der Waals surface area contributed by atoms with Gasteiger partial charge in [0.05, 0.1) is 0 Å². The van der Waals surface area contributed by atoms with Crippen LogP contribution in [0.2, 0.25) is 0 Å². The Morgan fingerprint density at radius 3 is 2.50 bits per heavy atom. The lowest BCUT2D eigenvalue weighted by molar-refractivity contribution is -0.124. The minimum Gasteiger partial charge on any atom is -0.481 e. The molecule has 1 aliphatic heterocycles. The number of anilines is 2. The van der Waals surface area contributed by atoms with Crippen molar-refractivity contribution in [1.29, 1.82) is 0 Å². The summed E-state index contributed by atoms with van der Waals surface area (Å²) in [5.41, 5.74) is 1.49. The average molecular weight is 381 g/mol. The molecular weight excluding hydrogens is 354 g/mol. The molecule has 1 aliphatic rings. The van der Waals surface area contributed by atoms with E-state index in [2.05, 4.69) is 10.6 Å². The van der Waals surface area contributed by atoms with Gasteiger partial charge in [-0.1, -0.05) is 18.2 Å². The number of nitrogens with one attached hydrogen (secondary N) is 2. The quantitative estimate of drug-likeness (QED) is 0.773. The van der Waals surface area contributed by atoms with E-state index in [9.17, 15) is 9.59 Å². The maximum absolute atomic E-state index is 13.2. The smallest absolute Gasteiger partial charge is 0.267 e. The third-order valence-electron chi connectivity index (χ3n) is 4.73. The largest absolute Gasteiger partial charge is 0.481 e. The van der Waals surface area contributed by atoms with Crippen molar-refractivity contribution in [3.63, 3.8) is 0 Å². The van der Waals surface area contributed by atoms with Gasteiger partial charge in [0.1, 0.15) is 5.75 Å². The third-order valence-corrected chi connectivity index (χ3v) is 4.73. The zero-order valence-corrected chi connectivity index (χ0v) is 16.4. The summed E-state index contributed by atoms with van der Waals surface area (Å²) in [6.07, 6.45) is 1.55. The predicted molar refractivity (Wildman–Crippen MR) is 111 cm³/mol. The number of hydrogen-bond donors (Lipinski definition) is 2. The van der Waals surface area contributed by atoms with Crippen LogP contribution in [0.15, 0.2) is 54.6 Å². The minimum atomic E-state index is -0.612. The topological polar surface area (TPSA) is 70.7 Å². The second-order valence-corrected chi connectivity index (χ2v) is 7.04. The fourth-order valence-corrected chi connectivity index (χ4v) is 3.36. The molecule has 0 aliphatic carbocycles. The van der Waals surface area contributed by atoms with E-state index < -0.39 is 6.10 Å². The summed E-state index contributed by atoms with van der Waals surface area (Å²) < 4.78 is 5.85. The summed E-state index contributed by atoms with van der Waals surface area (Å²) in [6, 6.07) is 17.0. The first-order chi connectivity index (χ1) is 13.5. The van der Waals surface area contributed by atoms with Gasteiger partial charge in [-0.05, 0) is 62.7 Å². The molecule has 3 rings (SSSR count). The molecule has 0 aromatic heterocycles. The standard InChI is InChI=1S/C22H27N3O3/c1-16(28-21-8-4-3-5-9-21)22(27)25(15-19-7-6-14-23-19)20-12-10-18(11-13-20)24-17(2)26/h3-5,8-13,16,19,23H,6-7,14-15H2,1-2H3,(H,24,26). The molecule has 6 nitrogen and oxygen atoms in total. The fraction of sp³-hybridized carbons (Fsp3) is 0.364.